The largest absolute Gasteiger partial charge is 0.496 e. The molecule has 0 aliphatic rings. The molecule has 0 N–H and O–H groups in total. The standard InChI is InChI=1S/C14H12Br2O2/c1-17-14-6-5-12(16)7-10(14)9-18-13-4-2-3-11(15)8-13/h2-8H,9H2,1H3. The second-order valence-corrected chi connectivity index (χ2v) is 5.53. The van der Waals surface area contributed by atoms with Crippen LogP contribution in [0.4, 0.5) is 0 Å². The zero-order valence-corrected chi connectivity index (χ0v) is 13.0. The Morgan fingerprint density at radius 2 is 1.78 bits per heavy atom. The Kier molecular flexibility index (Phi) is 4.66. The number of hydrogen-bond donors (Lipinski definition) is 0. The SMILES string of the molecule is COc1ccc(Br)cc1COc1cccc(Br)c1. The third-order valence-corrected chi connectivity index (χ3v) is 3.42. The van der Waals surface area contributed by atoms with E-state index in [0.717, 1.165) is 26.0 Å². The smallest absolute Gasteiger partial charge is 0.125 e. The third kappa shape index (κ3) is 3.50. The van der Waals surface area contributed by atoms with E-state index in [1.165, 1.54) is 0 Å². The van der Waals surface area contributed by atoms with Gasteiger partial charge in [-0.1, -0.05) is 37.9 Å². The summed E-state index contributed by atoms with van der Waals surface area (Å²) in [4.78, 5) is 0. The van der Waals surface area contributed by atoms with Crippen LogP contribution >= 0.6 is 31.9 Å². The molecule has 2 aromatic carbocycles. The molecule has 18 heavy (non-hydrogen) atoms. The van der Waals surface area contributed by atoms with Crippen molar-refractivity contribution in [3.63, 3.8) is 0 Å². The van der Waals surface area contributed by atoms with Crippen molar-refractivity contribution in [1.82, 2.24) is 0 Å². The first-order valence-electron chi connectivity index (χ1n) is 5.40. The summed E-state index contributed by atoms with van der Waals surface area (Å²) in [6, 6.07) is 13.6. The van der Waals surface area contributed by atoms with Crippen molar-refractivity contribution in [3.8, 4) is 11.5 Å². The van der Waals surface area contributed by atoms with E-state index in [9.17, 15) is 0 Å². The molecule has 0 saturated heterocycles. The van der Waals surface area contributed by atoms with Gasteiger partial charge in [-0.05, 0) is 36.4 Å². The van der Waals surface area contributed by atoms with Crippen molar-refractivity contribution < 1.29 is 9.47 Å². The molecule has 0 atom stereocenters. The van der Waals surface area contributed by atoms with Crippen LogP contribution in [0.5, 0.6) is 11.5 Å². The van der Waals surface area contributed by atoms with Crippen LogP contribution in [-0.2, 0) is 6.61 Å². The quantitative estimate of drug-likeness (QED) is 0.768. The molecular weight excluding hydrogens is 360 g/mol. The first kappa shape index (κ1) is 13.4. The highest BCUT2D eigenvalue weighted by molar-refractivity contribution is 9.10. The molecule has 0 heterocycles. The molecule has 0 aliphatic carbocycles. The fraction of sp³-hybridized carbons (Fsp3) is 0.143. The molecule has 4 heteroatoms. The van der Waals surface area contributed by atoms with Gasteiger partial charge in [0.05, 0.1) is 7.11 Å². The average Bonchev–Trinajstić information content (AvgIpc) is 2.37. The van der Waals surface area contributed by atoms with E-state index in [2.05, 4.69) is 31.9 Å². The zero-order chi connectivity index (χ0) is 13.0. The summed E-state index contributed by atoms with van der Waals surface area (Å²) in [7, 11) is 1.66. The highest BCUT2D eigenvalue weighted by atomic mass is 79.9. The van der Waals surface area contributed by atoms with Gasteiger partial charge < -0.3 is 9.47 Å². The summed E-state index contributed by atoms with van der Waals surface area (Å²) in [6.07, 6.45) is 0. The molecule has 0 aromatic heterocycles. The Morgan fingerprint density at radius 3 is 2.50 bits per heavy atom. The molecule has 0 radical (unpaired) electrons. The average molecular weight is 372 g/mol. The maximum Gasteiger partial charge on any atom is 0.125 e. The van der Waals surface area contributed by atoms with Gasteiger partial charge in [-0.3, -0.25) is 0 Å². The van der Waals surface area contributed by atoms with Crippen molar-refractivity contribution in [2.24, 2.45) is 0 Å². The Labute approximate surface area is 123 Å². The molecule has 0 spiro atoms. The lowest BCUT2D eigenvalue weighted by Gasteiger charge is -2.11. The number of rotatable bonds is 4. The molecule has 0 saturated carbocycles. The van der Waals surface area contributed by atoms with Gasteiger partial charge in [-0.2, -0.15) is 0 Å². The van der Waals surface area contributed by atoms with Crippen molar-refractivity contribution in [2.75, 3.05) is 7.11 Å². The summed E-state index contributed by atoms with van der Waals surface area (Å²) in [5.41, 5.74) is 1.01. The molecule has 2 rings (SSSR count). The Bertz CT molecular complexity index is 541. The molecule has 0 fully saturated rings. The van der Waals surface area contributed by atoms with Gasteiger partial charge in [0.25, 0.3) is 0 Å². The number of benzene rings is 2. The van der Waals surface area contributed by atoms with Crippen molar-refractivity contribution in [1.29, 1.82) is 0 Å². The predicted molar refractivity (Wildman–Crippen MR) is 79.2 cm³/mol. The van der Waals surface area contributed by atoms with Crippen LogP contribution in [-0.4, -0.2) is 7.11 Å². The van der Waals surface area contributed by atoms with Gasteiger partial charge in [0, 0.05) is 14.5 Å². The molecule has 0 aliphatic heterocycles. The minimum atomic E-state index is 0.471. The van der Waals surface area contributed by atoms with Crippen LogP contribution < -0.4 is 9.47 Å². The molecule has 0 unspecified atom stereocenters. The van der Waals surface area contributed by atoms with E-state index in [1.54, 1.807) is 7.11 Å². The second kappa shape index (κ2) is 6.25. The lowest BCUT2D eigenvalue weighted by Crippen LogP contribution is -1.98. The van der Waals surface area contributed by atoms with Crippen molar-refractivity contribution >= 4 is 31.9 Å². The van der Waals surface area contributed by atoms with Gasteiger partial charge >= 0.3 is 0 Å². The van der Waals surface area contributed by atoms with E-state index in [4.69, 9.17) is 9.47 Å². The molecule has 0 amide bonds. The first-order valence-corrected chi connectivity index (χ1v) is 6.98. The molecule has 0 bridgehead atoms. The van der Waals surface area contributed by atoms with Gasteiger partial charge in [-0.15, -0.1) is 0 Å². The van der Waals surface area contributed by atoms with Crippen LogP contribution in [0.15, 0.2) is 51.4 Å². The summed E-state index contributed by atoms with van der Waals surface area (Å²) in [5.74, 6) is 1.65. The Morgan fingerprint density at radius 1 is 1.00 bits per heavy atom. The van der Waals surface area contributed by atoms with E-state index >= 15 is 0 Å². The fourth-order valence-electron chi connectivity index (χ4n) is 1.58. The predicted octanol–water partition coefficient (Wildman–Crippen LogP) is 4.80. The van der Waals surface area contributed by atoms with Gasteiger partial charge in [0.1, 0.15) is 18.1 Å². The van der Waals surface area contributed by atoms with Gasteiger partial charge in [0.15, 0.2) is 0 Å². The van der Waals surface area contributed by atoms with E-state index in [1.807, 2.05) is 42.5 Å². The normalized spacial score (nSPS) is 10.2. The van der Waals surface area contributed by atoms with Gasteiger partial charge in [0.2, 0.25) is 0 Å². The van der Waals surface area contributed by atoms with Crippen molar-refractivity contribution in [3.05, 3.63) is 57.0 Å². The van der Waals surface area contributed by atoms with Crippen LogP contribution in [0.1, 0.15) is 5.56 Å². The topological polar surface area (TPSA) is 18.5 Å². The number of ether oxygens (including phenoxy) is 2. The van der Waals surface area contributed by atoms with Crippen LogP contribution in [0.3, 0.4) is 0 Å². The second-order valence-electron chi connectivity index (χ2n) is 3.70. The van der Waals surface area contributed by atoms with Gasteiger partial charge in [-0.25, -0.2) is 0 Å². The van der Waals surface area contributed by atoms with Crippen LogP contribution in [0.2, 0.25) is 0 Å². The van der Waals surface area contributed by atoms with Crippen molar-refractivity contribution in [2.45, 2.75) is 6.61 Å². The van der Waals surface area contributed by atoms with E-state index in [-0.39, 0.29) is 0 Å². The lowest BCUT2D eigenvalue weighted by molar-refractivity contribution is 0.296. The fourth-order valence-corrected chi connectivity index (χ4v) is 2.36. The number of methoxy groups -OCH3 is 1. The molecule has 2 aromatic rings. The lowest BCUT2D eigenvalue weighted by atomic mass is 10.2. The summed E-state index contributed by atoms with van der Waals surface area (Å²) in [5, 5.41) is 0. The number of halogens is 2. The highest BCUT2D eigenvalue weighted by Crippen LogP contribution is 2.25. The minimum absolute atomic E-state index is 0.471. The first-order chi connectivity index (χ1) is 8.69. The Balaban J connectivity index is 2.12. The third-order valence-electron chi connectivity index (χ3n) is 2.43. The maximum atomic E-state index is 5.74. The molecule has 2 nitrogen and oxygen atoms in total. The highest BCUT2D eigenvalue weighted by Gasteiger charge is 2.05. The summed E-state index contributed by atoms with van der Waals surface area (Å²) in [6.45, 7) is 0.471. The number of hydrogen-bond acceptors (Lipinski definition) is 2. The Hall–Kier alpha value is -1.00. The van der Waals surface area contributed by atoms with Crippen LogP contribution in [0.25, 0.3) is 0 Å². The monoisotopic (exact) mass is 370 g/mol. The maximum absolute atomic E-state index is 5.74. The van der Waals surface area contributed by atoms with E-state index in [0.29, 0.717) is 6.61 Å². The summed E-state index contributed by atoms with van der Waals surface area (Å²) < 4.78 is 13.1. The van der Waals surface area contributed by atoms with Crippen LogP contribution in [0, 0.1) is 0 Å². The van der Waals surface area contributed by atoms with E-state index < -0.39 is 0 Å². The summed E-state index contributed by atoms with van der Waals surface area (Å²) >= 11 is 6.86. The minimum Gasteiger partial charge on any atom is -0.496 e. The molecule has 94 valence electrons. The zero-order valence-electron chi connectivity index (χ0n) is 9.82. The molecular formula is C14H12Br2O2.